The maximum Gasteiger partial charge on any atom is 0.118 e. The lowest BCUT2D eigenvalue weighted by Crippen LogP contribution is -1.96. The molecule has 1 atom stereocenters. The summed E-state index contributed by atoms with van der Waals surface area (Å²) in [7, 11) is 1.66. The van der Waals surface area contributed by atoms with Gasteiger partial charge in [-0.3, -0.25) is 0 Å². The molecule has 0 saturated carbocycles. The SMILES string of the molecule is COc1ccc(CC(Cl)c2ccoc2C)cc1. The first-order valence-corrected chi connectivity index (χ1v) is 5.95. The highest BCUT2D eigenvalue weighted by atomic mass is 35.5. The van der Waals surface area contributed by atoms with Crippen LogP contribution in [0.15, 0.2) is 41.0 Å². The molecule has 2 rings (SSSR count). The molecular formula is C14H15ClO2. The standard InChI is InChI=1S/C14H15ClO2/c1-10-13(7-8-17-10)14(15)9-11-3-5-12(16-2)6-4-11/h3-8,14H,9H2,1-2H3. The van der Waals surface area contributed by atoms with E-state index in [0.717, 1.165) is 23.5 Å². The van der Waals surface area contributed by atoms with Gasteiger partial charge in [0.25, 0.3) is 0 Å². The molecule has 0 amide bonds. The summed E-state index contributed by atoms with van der Waals surface area (Å²) in [6.45, 7) is 1.93. The monoisotopic (exact) mass is 250 g/mol. The lowest BCUT2D eigenvalue weighted by Gasteiger charge is -2.09. The van der Waals surface area contributed by atoms with Crippen molar-refractivity contribution >= 4 is 11.6 Å². The van der Waals surface area contributed by atoms with Crippen molar-refractivity contribution in [2.45, 2.75) is 18.7 Å². The number of rotatable bonds is 4. The van der Waals surface area contributed by atoms with Crippen LogP contribution in [0.5, 0.6) is 5.75 Å². The quantitative estimate of drug-likeness (QED) is 0.762. The molecular weight excluding hydrogens is 236 g/mol. The van der Waals surface area contributed by atoms with Crippen LogP contribution in [-0.2, 0) is 6.42 Å². The molecule has 3 heteroatoms. The minimum Gasteiger partial charge on any atom is -0.497 e. The Bertz CT molecular complexity index is 473. The van der Waals surface area contributed by atoms with Gasteiger partial charge in [-0.2, -0.15) is 0 Å². The molecule has 1 heterocycles. The molecule has 90 valence electrons. The van der Waals surface area contributed by atoms with Crippen molar-refractivity contribution in [3.63, 3.8) is 0 Å². The van der Waals surface area contributed by atoms with Gasteiger partial charge in [0.1, 0.15) is 11.5 Å². The minimum absolute atomic E-state index is 0.0536. The van der Waals surface area contributed by atoms with Crippen LogP contribution in [0.4, 0.5) is 0 Å². The largest absolute Gasteiger partial charge is 0.497 e. The Morgan fingerprint density at radius 2 is 1.94 bits per heavy atom. The van der Waals surface area contributed by atoms with E-state index in [4.69, 9.17) is 20.8 Å². The van der Waals surface area contributed by atoms with Crippen LogP contribution < -0.4 is 4.74 Å². The number of aryl methyl sites for hydroxylation is 1. The van der Waals surface area contributed by atoms with Crippen LogP contribution in [0.3, 0.4) is 0 Å². The second-order valence-electron chi connectivity index (χ2n) is 3.95. The molecule has 1 aromatic heterocycles. The van der Waals surface area contributed by atoms with Gasteiger partial charge in [0.15, 0.2) is 0 Å². The number of halogens is 1. The fourth-order valence-corrected chi connectivity index (χ4v) is 2.20. The van der Waals surface area contributed by atoms with E-state index >= 15 is 0 Å². The van der Waals surface area contributed by atoms with E-state index in [-0.39, 0.29) is 5.38 Å². The first kappa shape index (κ1) is 12.1. The Labute approximate surface area is 106 Å². The van der Waals surface area contributed by atoms with E-state index < -0.39 is 0 Å². The molecule has 0 aliphatic rings. The minimum atomic E-state index is -0.0536. The smallest absolute Gasteiger partial charge is 0.118 e. The first-order chi connectivity index (χ1) is 8.20. The lowest BCUT2D eigenvalue weighted by atomic mass is 10.0. The molecule has 17 heavy (non-hydrogen) atoms. The summed E-state index contributed by atoms with van der Waals surface area (Å²) in [5.74, 6) is 1.75. The van der Waals surface area contributed by atoms with Gasteiger partial charge in [-0.25, -0.2) is 0 Å². The zero-order valence-corrected chi connectivity index (χ0v) is 10.7. The number of hydrogen-bond acceptors (Lipinski definition) is 2. The molecule has 0 N–H and O–H groups in total. The van der Waals surface area contributed by atoms with Crippen molar-refractivity contribution < 1.29 is 9.15 Å². The predicted octanol–water partition coefficient (Wildman–Crippen LogP) is 4.12. The van der Waals surface area contributed by atoms with Gasteiger partial charge in [-0.15, -0.1) is 11.6 Å². The fraction of sp³-hybridized carbons (Fsp3) is 0.286. The van der Waals surface area contributed by atoms with Crippen molar-refractivity contribution in [1.29, 1.82) is 0 Å². The highest BCUT2D eigenvalue weighted by Crippen LogP contribution is 2.28. The molecule has 0 spiro atoms. The molecule has 0 bridgehead atoms. The van der Waals surface area contributed by atoms with E-state index in [0.29, 0.717) is 0 Å². The van der Waals surface area contributed by atoms with Crippen LogP contribution >= 0.6 is 11.6 Å². The zero-order chi connectivity index (χ0) is 12.3. The Balaban J connectivity index is 2.07. The molecule has 0 aliphatic carbocycles. The average molecular weight is 251 g/mol. The summed E-state index contributed by atoms with van der Waals surface area (Å²) < 4.78 is 10.4. The van der Waals surface area contributed by atoms with Crippen molar-refractivity contribution in [2.24, 2.45) is 0 Å². The third-order valence-electron chi connectivity index (χ3n) is 2.81. The zero-order valence-electron chi connectivity index (χ0n) is 9.94. The Kier molecular flexibility index (Phi) is 3.75. The highest BCUT2D eigenvalue weighted by Gasteiger charge is 2.13. The first-order valence-electron chi connectivity index (χ1n) is 5.51. The van der Waals surface area contributed by atoms with E-state index in [1.807, 2.05) is 37.3 Å². The molecule has 0 radical (unpaired) electrons. The van der Waals surface area contributed by atoms with Crippen molar-refractivity contribution in [1.82, 2.24) is 0 Å². The van der Waals surface area contributed by atoms with Gasteiger partial charge < -0.3 is 9.15 Å². The third-order valence-corrected chi connectivity index (χ3v) is 3.20. The summed E-state index contributed by atoms with van der Waals surface area (Å²) in [6.07, 6.45) is 2.46. The molecule has 1 aromatic carbocycles. The van der Waals surface area contributed by atoms with Gasteiger partial charge in [-0.05, 0) is 37.1 Å². The van der Waals surface area contributed by atoms with E-state index in [1.54, 1.807) is 13.4 Å². The topological polar surface area (TPSA) is 22.4 Å². The highest BCUT2D eigenvalue weighted by molar-refractivity contribution is 6.21. The summed E-state index contributed by atoms with van der Waals surface area (Å²) in [5, 5.41) is -0.0536. The predicted molar refractivity (Wildman–Crippen MR) is 68.7 cm³/mol. The number of methoxy groups -OCH3 is 1. The Morgan fingerprint density at radius 1 is 1.24 bits per heavy atom. The summed E-state index contributed by atoms with van der Waals surface area (Å²) in [4.78, 5) is 0. The normalized spacial score (nSPS) is 12.4. The maximum absolute atomic E-state index is 6.37. The van der Waals surface area contributed by atoms with Gasteiger partial charge in [0, 0.05) is 5.56 Å². The fourth-order valence-electron chi connectivity index (χ4n) is 1.80. The molecule has 0 fully saturated rings. The second-order valence-corrected chi connectivity index (χ2v) is 4.48. The van der Waals surface area contributed by atoms with Gasteiger partial charge in [0.2, 0.25) is 0 Å². The second kappa shape index (κ2) is 5.28. The number of hydrogen-bond donors (Lipinski definition) is 0. The number of alkyl halides is 1. The Hall–Kier alpha value is -1.41. The van der Waals surface area contributed by atoms with Crippen LogP contribution in [0.2, 0.25) is 0 Å². The van der Waals surface area contributed by atoms with Crippen molar-refractivity contribution in [3.8, 4) is 5.75 Å². The average Bonchev–Trinajstić information content (AvgIpc) is 2.76. The van der Waals surface area contributed by atoms with Crippen LogP contribution in [-0.4, -0.2) is 7.11 Å². The van der Waals surface area contributed by atoms with E-state index in [2.05, 4.69) is 0 Å². The van der Waals surface area contributed by atoms with Crippen LogP contribution in [0, 0.1) is 6.92 Å². The van der Waals surface area contributed by atoms with Crippen LogP contribution in [0.25, 0.3) is 0 Å². The van der Waals surface area contributed by atoms with Gasteiger partial charge in [0.05, 0.1) is 18.8 Å². The van der Waals surface area contributed by atoms with Gasteiger partial charge >= 0.3 is 0 Å². The summed E-state index contributed by atoms with van der Waals surface area (Å²) in [5.41, 5.74) is 2.24. The molecule has 2 nitrogen and oxygen atoms in total. The number of ether oxygens (including phenoxy) is 1. The van der Waals surface area contributed by atoms with Crippen LogP contribution in [0.1, 0.15) is 22.3 Å². The number of furan rings is 1. The Morgan fingerprint density at radius 3 is 2.47 bits per heavy atom. The van der Waals surface area contributed by atoms with Crippen molar-refractivity contribution in [3.05, 3.63) is 53.5 Å². The molecule has 0 aliphatic heterocycles. The molecule has 0 saturated heterocycles. The molecule has 1 unspecified atom stereocenters. The molecule has 2 aromatic rings. The van der Waals surface area contributed by atoms with E-state index in [9.17, 15) is 0 Å². The summed E-state index contributed by atoms with van der Waals surface area (Å²) in [6, 6.07) is 9.88. The van der Waals surface area contributed by atoms with Crippen molar-refractivity contribution in [2.75, 3.05) is 7.11 Å². The van der Waals surface area contributed by atoms with E-state index in [1.165, 1.54) is 5.56 Å². The van der Waals surface area contributed by atoms with Gasteiger partial charge in [-0.1, -0.05) is 12.1 Å². The lowest BCUT2D eigenvalue weighted by molar-refractivity contribution is 0.414. The maximum atomic E-state index is 6.37. The number of benzene rings is 1. The third kappa shape index (κ3) is 2.83. The summed E-state index contributed by atoms with van der Waals surface area (Å²) >= 11 is 6.37.